The van der Waals surface area contributed by atoms with Gasteiger partial charge in [-0.15, -0.1) is 0 Å². The lowest BCUT2D eigenvalue weighted by Crippen LogP contribution is -2.45. The lowest BCUT2D eigenvalue weighted by Gasteiger charge is -2.20. The minimum Gasteiger partial charge on any atom is -0.345 e. The highest BCUT2D eigenvalue weighted by molar-refractivity contribution is 5.86. The highest BCUT2D eigenvalue weighted by atomic mass is 16.2. The number of likely N-dealkylation sites (tertiary alicyclic amines) is 1. The van der Waals surface area contributed by atoms with Gasteiger partial charge in [0, 0.05) is 20.0 Å². The van der Waals surface area contributed by atoms with Gasteiger partial charge in [-0.3, -0.25) is 9.59 Å². The Kier molecular flexibility index (Phi) is 3.28. The molecule has 4 heteroatoms. The fraction of sp³-hybridized carbons (Fsp3) is 0.778. The van der Waals surface area contributed by atoms with Gasteiger partial charge in [-0.25, -0.2) is 0 Å². The van der Waals surface area contributed by atoms with E-state index < -0.39 is 0 Å². The Morgan fingerprint density at radius 2 is 1.85 bits per heavy atom. The molecule has 1 saturated heterocycles. The predicted octanol–water partition coefficient (Wildman–Crippen LogP) is 0.133. The van der Waals surface area contributed by atoms with Gasteiger partial charge >= 0.3 is 0 Å². The largest absolute Gasteiger partial charge is 0.345 e. The van der Waals surface area contributed by atoms with E-state index in [0.29, 0.717) is 0 Å². The first kappa shape index (κ1) is 10.0. The lowest BCUT2D eigenvalue weighted by molar-refractivity contribution is -0.134. The Morgan fingerprint density at radius 1 is 1.31 bits per heavy atom. The number of carbonyl (C=O) groups excluding carboxylic acids is 2. The molecule has 1 atom stereocenters. The van der Waals surface area contributed by atoms with Crippen LogP contribution in [0.3, 0.4) is 0 Å². The molecule has 0 aromatic carbocycles. The van der Waals surface area contributed by atoms with Crippen molar-refractivity contribution >= 4 is 11.8 Å². The fourth-order valence-electron chi connectivity index (χ4n) is 1.58. The number of carbonyl (C=O) groups is 2. The molecular weight excluding hydrogens is 168 g/mol. The Labute approximate surface area is 78.3 Å². The Balaban J connectivity index is 2.41. The van der Waals surface area contributed by atoms with Crippen LogP contribution in [0.15, 0.2) is 0 Å². The van der Waals surface area contributed by atoms with Crippen molar-refractivity contribution in [1.82, 2.24) is 10.2 Å². The molecule has 1 rings (SSSR count). The molecule has 0 bridgehead atoms. The van der Waals surface area contributed by atoms with Gasteiger partial charge in [-0.05, 0) is 19.8 Å². The summed E-state index contributed by atoms with van der Waals surface area (Å²) in [6.45, 7) is 4.82. The molecule has 74 valence electrons. The second-order valence-corrected chi connectivity index (χ2v) is 3.45. The minimum absolute atomic E-state index is 0.0349. The molecule has 1 aliphatic rings. The first-order valence-electron chi connectivity index (χ1n) is 4.67. The summed E-state index contributed by atoms with van der Waals surface area (Å²) in [4.78, 5) is 24.1. The van der Waals surface area contributed by atoms with Crippen LogP contribution >= 0.6 is 0 Å². The molecule has 1 heterocycles. The highest BCUT2D eigenvalue weighted by Crippen LogP contribution is 2.08. The van der Waals surface area contributed by atoms with Gasteiger partial charge in [0.05, 0.1) is 0 Å². The van der Waals surface area contributed by atoms with Gasteiger partial charge in [-0.1, -0.05) is 0 Å². The summed E-state index contributed by atoms with van der Waals surface area (Å²) < 4.78 is 0. The van der Waals surface area contributed by atoms with Gasteiger partial charge in [0.1, 0.15) is 6.04 Å². The van der Waals surface area contributed by atoms with E-state index in [9.17, 15) is 9.59 Å². The van der Waals surface area contributed by atoms with Gasteiger partial charge in [0.25, 0.3) is 0 Å². The van der Waals surface area contributed by atoms with Crippen LogP contribution in [0.25, 0.3) is 0 Å². The molecule has 2 amide bonds. The van der Waals surface area contributed by atoms with Crippen molar-refractivity contribution < 1.29 is 9.59 Å². The zero-order chi connectivity index (χ0) is 9.84. The molecule has 1 unspecified atom stereocenters. The van der Waals surface area contributed by atoms with Crippen LogP contribution in [0.4, 0.5) is 0 Å². The molecule has 1 fully saturated rings. The van der Waals surface area contributed by atoms with Gasteiger partial charge in [0.15, 0.2) is 0 Å². The highest BCUT2D eigenvalue weighted by Gasteiger charge is 2.23. The van der Waals surface area contributed by atoms with Crippen LogP contribution in [0.1, 0.15) is 26.7 Å². The first-order valence-corrected chi connectivity index (χ1v) is 4.67. The molecule has 0 aromatic rings. The summed E-state index contributed by atoms with van der Waals surface area (Å²) in [5, 5.41) is 2.59. The number of rotatable bonds is 2. The minimum atomic E-state index is -0.379. The van der Waals surface area contributed by atoms with E-state index in [0.717, 1.165) is 25.9 Å². The number of nitrogens with zero attached hydrogens (tertiary/aromatic N) is 1. The van der Waals surface area contributed by atoms with Crippen molar-refractivity contribution in [3.63, 3.8) is 0 Å². The number of nitrogens with one attached hydrogen (secondary N) is 1. The van der Waals surface area contributed by atoms with E-state index in [-0.39, 0.29) is 17.9 Å². The van der Waals surface area contributed by atoms with E-state index in [2.05, 4.69) is 5.32 Å². The Bertz CT molecular complexity index is 210. The standard InChI is InChI=1S/C9H16N2O2/c1-7(10-8(2)12)9(13)11-5-3-4-6-11/h7H,3-6H2,1-2H3,(H,10,12). The monoisotopic (exact) mass is 184 g/mol. The SMILES string of the molecule is CC(=O)NC(C)C(=O)N1CCCC1. The summed E-state index contributed by atoms with van der Waals surface area (Å²) in [7, 11) is 0. The van der Waals surface area contributed by atoms with E-state index in [4.69, 9.17) is 0 Å². The van der Waals surface area contributed by atoms with Gasteiger partial charge in [-0.2, -0.15) is 0 Å². The van der Waals surface area contributed by atoms with Crippen molar-refractivity contribution in [2.24, 2.45) is 0 Å². The molecule has 1 N–H and O–H groups in total. The van der Waals surface area contributed by atoms with Crippen LogP contribution in [0.5, 0.6) is 0 Å². The summed E-state index contributed by atoms with van der Waals surface area (Å²) in [5.74, 6) is -0.118. The molecule has 0 aliphatic carbocycles. The third-order valence-electron chi connectivity index (χ3n) is 2.21. The van der Waals surface area contributed by atoms with Crippen LogP contribution in [0, 0.1) is 0 Å². The van der Waals surface area contributed by atoms with Crippen molar-refractivity contribution in [1.29, 1.82) is 0 Å². The zero-order valence-electron chi connectivity index (χ0n) is 8.17. The normalized spacial score (nSPS) is 18.5. The van der Waals surface area contributed by atoms with E-state index in [1.165, 1.54) is 6.92 Å². The molecule has 0 radical (unpaired) electrons. The molecular formula is C9H16N2O2. The summed E-state index contributed by atoms with van der Waals surface area (Å²) in [6.07, 6.45) is 2.16. The maximum atomic E-state index is 11.6. The topological polar surface area (TPSA) is 49.4 Å². The molecule has 1 aliphatic heterocycles. The number of amides is 2. The molecule has 0 aromatic heterocycles. The summed E-state index contributed by atoms with van der Waals surface area (Å²) in [6, 6.07) is -0.379. The first-order chi connectivity index (χ1) is 6.11. The predicted molar refractivity (Wildman–Crippen MR) is 49.1 cm³/mol. The average Bonchev–Trinajstić information content (AvgIpc) is 2.53. The van der Waals surface area contributed by atoms with Crippen LogP contribution in [-0.4, -0.2) is 35.8 Å². The smallest absolute Gasteiger partial charge is 0.244 e. The maximum absolute atomic E-state index is 11.6. The summed E-state index contributed by atoms with van der Waals surface area (Å²) in [5.41, 5.74) is 0. The van der Waals surface area contributed by atoms with Crippen molar-refractivity contribution in [3.8, 4) is 0 Å². The summed E-state index contributed by atoms with van der Waals surface area (Å²) >= 11 is 0. The quantitative estimate of drug-likeness (QED) is 0.663. The van der Waals surface area contributed by atoms with Crippen LogP contribution in [0.2, 0.25) is 0 Å². The van der Waals surface area contributed by atoms with Crippen molar-refractivity contribution in [3.05, 3.63) is 0 Å². The maximum Gasteiger partial charge on any atom is 0.244 e. The van der Waals surface area contributed by atoms with Crippen molar-refractivity contribution in [2.45, 2.75) is 32.7 Å². The Hall–Kier alpha value is -1.06. The van der Waals surface area contributed by atoms with Crippen LogP contribution in [-0.2, 0) is 9.59 Å². The van der Waals surface area contributed by atoms with Crippen molar-refractivity contribution in [2.75, 3.05) is 13.1 Å². The number of hydrogen-bond acceptors (Lipinski definition) is 2. The zero-order valence-corrected chi connectivity index (χ0v) is 8.17. The third kappa shape index (κ3) is 2.72. The fourth-order valence-corrected chi connectivity index (χ4v) is 1.58. The van der Waals surface area contributed by atoms with E-state index >= 15 is 0 Å². The number of hydrogen-bond donors (Lipinski definition) is 1. The molecule has 0 spiro atoms. The molecule has 0 saturated carbocycles. The second kappa shape index (κ2) is 4.25. The Morgan fingerprint density at radius 3 is 2.31 bits per heavy atom. The molecule has 13 heavy (non-hydrogen) atoms. The average molecular weight is 184 g/mol. The third-order valence-corrected chi connectivity index (χ3v) is 2.21. The van der Waals surface area contributed by atoms with Crippen LogP contribution < -0.4 is 5.32 Å². The molecule has 4 nitrogen and oxygen atoms in total. The van der Waals surface area contributed by atoms with E-state index in [1.807, 2.05) is 0 Å². The lowest BCUT2D eigenvalue weighted by atomic mass is 10.3. The van der Waals surface area contributed by atoms with Gasteiger partial charge < -0.3 is 10.2 Å². The van der Waals surface area contributed by atoms with E-state index in [1.54, 1.807) is 11.8 Å². The second-order valence-electron chi connectivity index (χ2n) is 3.45. The van der Waals surface area contributed by atoms with Gasteiger partial charge in [0.2, 0.25) is 11.8 Å².